The van der Waals surface area contributed by atoms with Crippen LogP contribution in [-0.2, 0) is 0 Å². The third-order valence-electron chi connectivity index (χ3n) is 4.68. The molecule has 1 aromatic heterocycles. The minimum atomic E-state index is 0.201. The van der Waals surface area contributed by atoms with Crippen molar-refractivity contribution in [2.24, 2.45) is 5.10 Å². The zero-order valence-electron chi connectivity index (χ0n) is 16.7. The molecular weight excluding hydrogens is 352 g/mol. The molecule has 2 N–H and O–H groups in total. The van der Waals surface area contributed by atoms with E-state index in [0.717, 1.165) is 46.8 Å². The van der Waals surface area contributed by atoms with E-state index in [4.69, 9.17) is 4.74 Å². The number of hydrazone groups is 1. The van der Waals surface area contributed by atoms with Crippen LogP contribution in [0.2, 0.25) is 0 Å². The first-order chi connectivity index (χ1) is 13.5. The first-order valence-electron chi connectivity index (χ1n) is 9.38. The van der Waals surface area contributed by atoms with Crippen molar-refractivity contribution < 1.29 is 9.84 Å². The summed E-state index contributed by atoms with van der Waals surface area (Å²) in [4.78, 5) is 6.72. The highest BCUT2D eigenvalue weighted by atomic mass is 16.5. The van der Waals surface area contributed by atoms with E-state index in [1.54, 1.807) is 19.4 Å². The Morgan fingerprint density at radius 3 is 2.61 bits per heavy atom. The van der Waals surface area contributed by atoms with Gasteiger partial charge < -0.3 is 14.7 Å². The number of fused-ring (bicyclic) bond motifs is 1. The number of pyridine rings is 1. The van der Waals surface area contributed by atoms with Crippen molar-refractivity contribution in [3.05, 3.63) is 53.7 Å². The summed E-state index contributed by atoms with van der Waals surface area (Å²) in [6, 6.07) is 13.3. The largest absolute Gasteiger partial charge is 0.507 e. The molecule has 0 atom stereocenters. The van der Waals surface area contributed by atoms with Gasteiger partial charge in [-0.3, -0.25) is 10.4 Å². The van der Waals surface area contributed by atoms with Crippen LogP contribution in [0.5, 0.6) is 11.5 Å². The number of aromatic hydroxyl groups is 1. The molecule has 146 valence electrons. The molecule has 3 rings (SSSR count). The third kappa shape index (κ3) is 4.17. The standard InChI is InChI=1S/C22H26N4O2/c1-5-26(6-2)17-8-7-16(22(27)12-17)14-23-25-21-11-15(3)24-20-10-9-18(28-4)13-19(20)21/h7-14,27H,5-6H2,1-4H3,(H,24,25). The Kier molecular flexibility index (Phi) is 5.99. The van der Waals surface area contributed by atoms with Crippen molar-refractivity contribution in [2.75, 3.05) is 30.5 Å². The maximum Gasteiger partial charge on any atom is 0.126 e. The summed E-state index contributed by atoms with van der Waals surface area (Å²) in [6.07, 6.45) is 1.61. The highest BCUT2D eigenvalue weighted by Gasteiger charge is 2.07. The third-order valence-corrected chi connectivity index (χ3v) is 4.68. The molecule has 6 heteroatoms. The van der Waals surface area contributed by atoms with Crippen LogP contribution in [0.25, 0.3) is 10.9 Å². The van der Waals surface area contributed by atoms with Gasteiger partial charge in [0.25, 0.3) is 0 Å². The summed E-state index contributed by atoms with van der Waals surface area (Å²) >= 11 is 0. The first-order valence-corrected chi connectivity index (χ1v) is 9.38. The van der Waals surface area contributed by atoms with E-state index in [-0.39, 0.29) is 5.75 Å². The second-order valence-electron chi connectivity index (χ2n) is 6.48. The van der Waals surface area contributed by atoms with E-state index >= 15 is 0 Å². The molecule has 0 aliphatic heterocycles. The number of aryl methyl sites for hydroxylation is 1. The average molecular weight is 378 g/mol. The van der Waals surface area contributed by atoms with Crippen LogP contribution in [0.1, 0.15) is 25.1 Å². The molecular formula is C22H26N4O2. The fourth-order valence-corrected chi connectivity index (χ4v) is 3.15. The normalized spacial score (nSPS) is 11.1. The number of benzene rings is 2. The van der Waals surface area contributed by atoms with Crippen LogP contribution in [0.4, 0.5) is 11.4 Å². The summed E-state index contributed by atoms with van der Waals surface area (Å²) in [5.74, 6) is 0.960. The van der Waals surface area contributed by atoms with Gasteiger partial charge >= 0.3 is 0 Å². The van der Waals surface area contributed by atoms with Crippen molar-refractivity contribution in [3.8, 4) is 11.5 Å². The predicted molar refractivity (Wildman–Crippen MR) is 116 cm³/mol. The quantitative estimate of drug-likeness (QED) is 0.466. The minimum absolute atomic E-state index is 0.201. The van der Waals surface area contributed by atoms with E-state index in [2.05, 4.69) is 34.3 Å². The molecule has 0 radical (unpaired) electrons. The summed E-state index contributed by atoms with van der Waals surface area (Å²) in [6.45, 7) is 7.91. The molecule has 0 saturated carbocycles. The Hall–Kier alpha value is -3.28. The van der Waals surface area contributed by atoms with E-state index in [1.807, 2.05) is 43.3 Å². The molecule has 28 heavy (non-hydrogen) atoms. The maximum absolute atomic E-state index is 10.3. The molecule has 1 heterocycles. The van der Waals surface area contributed by atoms with Crippen molar-refractivity contribution >= 4 is 28.5 Å². The summed E-state index contributed by atoms with van der Waals surface area (Å²) in [7, 11) is 1.64. The topological polar surface area (TPSA) is 70.0 Å². The molecule has 0 saturated heterocycles. The highest BCUT2D eigenvalue weighted by molar-refractivity contribution is 5.93. The molecule has 0 amide bonds. The molecule has 0 bridgehead atoms. The molecule has 0 unspecified atom stereocenters. The number of ether oxygens (including phenoxy) is 1. The fraction of sp³-hybridized carbons (Fsp3) is 0.273. The molecule has 6 nitrogen and oxygen atoms in total. The van der Waals surface area contributed by atoms with Crippen molar-refractivity contribution in [1.82, 2.24) is 4.98 Å². The van der Waals surface area contributed by atoms with E-state index < -0.39 is 0 Å². The van der Waals surface area contributed by atoms with Gasteiger partial charge in [0.05, 0.1) is 24.5 Å². The van der Waals surface area contributed by atoms with Gasteiger partial charge in [0.1, 0.15) is 11.5 Å². The van der Waals surface area contributed by atoms with Crippen LogP contribution in [-0.4, -0.2) is 36.5 Å². The lowest BCUT2D eigenvalue weighted by molar-refractivity contribution is 0.415. The zero-order valence-corrected chi connectivity index (χ0v) is 16.7. The van der Waals surface area contributed by atoms with Gasteiger partial charge in [-0.2, -0.15) is 5.10 Å². The van der Waals surface area contributed by atoms with Gasteiger partial charge in [0.2, 0.25) is 0 Å². The summed E-state index contributed by atoms with van der Waals surface area (Å²) in [5.41, 5.74) is 7.30. The molecule has 2 aromatic carbocycles. The highest BCUT2D eigenvalue weighted by Crippen LogP contribution is 2.28. The Labute approximate surface area is 165 Å². The summed E-state index contributed by atoms with van der Waals surface area (Å²) in [5, 5.41) is 15.6. The number of phenols is 1. The Bertz CT molecular complexity index is 997. The Balaban J connectivity index is 1.85. The van der Waals surface area contributed by atoms with Gasteiger partial charge in [-0.1, -0.05) is 0 Å². The van der Waals surface area contributed by atoms with Gasteiger partial charge in [0.15, 0.2) is 0 Å². The van der Waals surface area contributed by atoms with E-state index in [9.17, 15) is 5.11 Å². The van der Waals surface area contributed by atoms with Crippen LogP contribution in [0, 0.1) is 6.92 Å². The molecule has 0 aliphatic rings. The zero-order chi connectivity index (χ0) is 20.1. The Morgan fingerprint density at radius 2 is 1.93 bits per heavy atom. The van der Waals surface area contributed by atoms with Crippen LogP contribution in [0.15, 0.2) is 47.6 Å². The number of nitrogens with zero attached hydrogens (tertiary/aromatic N) is 3. The van der Waals surface area contributed by atoms with Gasteiger partial charge in [-0.15, -0.1) is 0 Å². The lowest BCUT2D eigenvalue weighted by Gasteiger charge is -2.21. The number of hydrogen-bond donors (Lipinski definition) is 2. The lowest BCUT2D eigenvalue weighted by Crippen LogP contribution is -2.21. The SMILES string of the molecule is CCN(CC)c1ccc(C=NNc2cc(C)nc3ccc(OC)cc23)c(O)c1. The number of nitrogens with one attached hydrogen (secondary N) is 1. The average Bonchev–Trinajstić information content (AvgIpc) is 2.70. The predicted octanol–water partition coefficient (Wildman–Crippen LogP) is 4.55. The first kappa shape index (κ1) is 19.5. The molecule has 0 fully saturated rings. The number of anilines is 2. The van der Waals surface area contributed by atoms with Gasteiger partial charge in [0, 0.05) is 41.5 Å². The number of phenolic OH excluding ortho intramolecular Hbond substituents is 1. The summed E-state index contributed by atoms with van der Waals surface area (Å²) < 4.78 is 5.31. The number of aromatic nitrogens is 1. The maximum atomic E-state index is 10.3. The van der Waals surface area contributed by atoms with Crippen LogP contribution < -0.4 is 15.1 Å². The smallest absolute Gasteiger partial charge is 0.126 e. The van der Waals surface area contributed by atoms with Crippen molar-refractivity contribution in [1.29, 1.82) is 0 Å². The van der Waals surface area contributed by atoms with E-state index in [0.29, 0.717) is 5.56 Å². The van der Waals surface area contributed by atoms with E-state index in [1.165, 1.54) is 0 Å². The van der Waals surface area contributed by atoms with Crippen molar-refractivity contribution in [3.63, 3.8) is 0 Å². The molecule has 3 aromatic rings. The number of rotatable bonds is 7. The monoisotopic (exact) mass is 378 g/mol. The minimum Gasteiger partial charge on any atom is -0.507 e. The number of methoxy groups -OCH3 is 1. The second kappa shape index (κ2) is 8.61. The molecule has 0 spiro atoms. The van der Waals surface area contributed by atoms with Crippen LogP contribution in [0.3, 0.4) is 0 Å². The molecule has 0 aliphatic carbocycles. The van der Waals surface area contributed by atoms with Crippen LogP contribution >= 0.6 is 0 Å². The van der Waals surface area contributed by atoms with Crippen molar-refractivity contribution in [2.45, 2.75) is 20.8 Å². The number of hydrogen-bond acceptors (Lipinski definition) is 6. The van der Waals surface area contributed by atoms with Gasteiger partial charge in [-0.05, 0) is 57.2 Å². The lowest BCUT2D eigenvalue weighted by atomic mass is 10.1. The second-order valence-corrected chi connectivity index (χ2v) is 6.48. The van der Waals surface area contributed by atoms with Gasteiger partial charge in [-0.25, -0.2) is 0 Å². The Morgan fingerprint density at radius 1 is 1.14 bits per heavy atom. The fourth-order valence-electron chi connectivity index (χ4n) is 3.15.